The number of aromatic nitrogens is 3. The predicted octanol–water partition coefficient (Wildman–Crippen LogP) is 1.30. The van der Waals surface area contributed by atoms with Crippen molar-refractivity contribution in [3.63, 3.8) is 0 Å². The maximum atomic E-state index is 11.7. The summed E-state index contributed by atoms with van der Waals surface area (Å²) < 4.78 is 25.1. The van der Waals surface area contributed by atoms with Gasteiger partial charge in [0.2, 0.25) is 0 Å². The molecule has 0 bridgehead atoms. The van der Waals surface area contributed by atoms with Crippen molar-refractivity contribution in [3.8, 4) is 11.4 Å². The fourth-order valence-corrected chi connectivity index (χ4v) is 6.56. The summed E-state index contributed by atoms with van der Waals surface area (Å²) in [6.45, 7) is 0. The highest BCUT2D eigenvalue weighted by Gasteiger charge is 2.46. The zero-order valence-electron chi connectivity index (χ0n) is 11.1. The van der Waals surface area contributed by atoms with Crippen molar-refractivity contribution < 1.29 is 13.3 Å². The van der Waals surface area contributed by atoms with Gasteiger partial charge in [0.25, 0.3) is 5.69 Å². The number of nitro groups is 1. The predicted molar refractivity (Wildman–Crippen MR) is 79.4 cm³/mol. The molecule has 0 saturated carbocycles. The van der Waals surface area contributed by atoms with Gasteiger partial charge in [-0.3, -0.25) is 10.1 Å². The zero-order chi connectivity index (χ0) is 15.5. The number of sulfone groups is 1. The van der Waals surface area contributed by atoms with Crippen molar-refractivity contribution in [1.82, 2.24) is 14.8 Å². The highest BCUT2D eigenvalue weighted by Crippen LogP contribution is 2.44. The van der Waals surface area contributed by atoms with E-state index in [-0.39, 0.29) is 28.5 Å². The monoisotopic (exact) mass is 338 g/mol. The van der Waals surface area contributed by atoms with Gasteiger partial charge in [-0.15, -0.1) is 5.10 Å². The van der Waals surface area contributed by atoms with Gasteiger partial charge in [0, 0.05) is 17.7 Å². The number of non-ortho nitro benzene ring substituents is 1. The molecule has 1 aromatic heterocycles. The molecule has 0 spiro atoms. The molecule has 2 aromatic rings. The summed E-state index contributed by atoms with van der Waals surface area (Å²) in [7, 11) is -3.00. The SMILES string of the molecule is O=[N+]([O-])c1ccc(-c2nc3n(n2)[C@@H]2CS(=O)(=O)C[C@H]2S3)cc1. The van der Waals surface area contributed by atoms with Gasteiger partial charge in [0.05, 0.1) is 27.7 Å². The van der Waals surface area contributed by atoms with E-state index in [1.165, 1.54) is 23.9 Å². The Balaban J connectivity index is 1.67. The summed E-state index contributed by atoms with van der Waals surface area (Å²) >= 11 is 1.43. The number of nitro benzene ring substituents is 1. The molecule has 2 atom stereocenters. The lowest BCUT2D eigenvalue weighted by Gasteiger charge is -2.06. The molecule has 2 aliphatic heterocycles. The molecule has 4 rings (SSSR count). The third kappa shape index (κ3) is 2.10. The molecule has 0 unspecified atom stereocenters. The standard InChI is InChI=1S/C12H10N4O4S2/c17-16(18)8-3-1-7(2-4-8)11-13-12-15(14-11)9-5-22(19,20)6-10(9)21-12/h1-4,9-10H,5-6H2/t9-,10-/m1/s1. The number of nitrogens with zero attached hydrogens (tertiary/aromatic N) is 4. The molecule has 0 amide bonds. The van der Waals surface area contributed by atoms with Crippen LogP contribution < -0.4 is 0 Å². The van der Waals surface area contributed by atoms with Gasteiger partial charge in [-0.1, -0.05) is 11.8 Å². The second-order valence-corrected chi connectivity index (χ2v) is 8.63. The van der Waals surface area contributed by atoms with Gasteiger partial charge < -0.3 is 0 Å². The molecule has 0 aliphatic carbocycles. The molecule has 1 aromatic carbocycles. The van der Waals surface area contributed by atoms with Crippen molar-refractivity contribution in [1.29, 1.82) is 0 Å². The van der Waals surface area contributed by atoms with Gasteiger partial charge >= 0.3 is 0 Å². The number of fused-ring (bicyclic) bond motifs is 3. The third-order valence-electron chi connectivity index (χ3n) is 3.78. The maximum Gasteiger partial charge on any atom is 0.269 e. The first-order chi connectivity index (χ1) is 10.4. The molecule has 0 radical (unpaired) electrons. The third-order valence-corrected chi connectivity index (χ3v) is 6.98. The van der Waals surface area contributed by atoms with Crippen molar-refractivity contribution in [3.05, 3.63) is 34.4 Å². The van der Waals surface area contributed by atoms with Gasteiger partial charge in [0.1, 0.15) is 0 Å². The van der Waals surface area contributed by atoms with Crippen molar-refractivity contribution in [2.45, 2.75) is 16.4 Å². The Hall–Kier alpha value is -1.94. The number of benzene rings is 1. The fourth-order valence-electron chi connectivity index (χ4n) is 2.73. The Morgan fingerprint density at radius 2 is 2.00 bits per heavy atom. The topological polar surface area (TPSA) is 108 Å². The summed E-state index contributed by atoms with van der Waals surface area (Å²) in [5.41, 5.74) is 0.678. The highest BCUT2D eigenvalue weighted by molar-refractivity contribution is 8.02. The van der Waals surface area contributed by atoms with Crippen LogP contribution in [0.4, 0.5) is 5.69 Å². The molecule has 1 fully saturated rings. The van der Waals surface area contributed by atoms with Gasteiger partial charge in [-0.2, -0.15) is 0 Å². The van der Waals surface area contributed by atoms with E-state index in [0.29, 0.717) is 16.5 Å². The number of rotatable bonds is 2. The van der Waals surface area contributed by atoms with Crippen LogP contribution in [0.15, 0.2) is 29.4 Å². The van der Waals surface area contributed by atoms with E-state index < -0.39 is 14.8 Å². The Labute approximate surface area is 129 Å². The van der Waals surface area contributed by atoms with Crippen molar-refractivity contribution in [2.75, 3.05) is 11.5 Å². The number of hydrogen-bond acceptors (Lipinski definition) is 7. The average Bonchev–Trinajstić information content (AvgIpc) is 3.07. The van der Waals surface area contributed by atoms with E-state index >= 15 is 0 Å². The second-order valence-electron chi connectivity index (χ2n) is 5.27. The first-order valence-electron chi connectivity index (χ1n) is 6.51. The molecular weight excluding hydrogens is 328 g/mol. The summed E-state index contributed by atoms with van der Waals surface area (Å²) in [6, 6.07) is 5.83. The van der Waals surface area contributed by atoms with E-state index in [0.717, 1.165) is 0 Å². The maximum absolute atomic E-state index is 11.7. The zero-order valence-corrected chi connectivity index (χ0v) is 12.7. The van der Waals surface area contributed by atoms with E-state index in [4.69, 9.17) is 0 Å². The van der Waals surface area contributed by atoms with E-state index in [1.807, 2.05) is 0 Å². The summed E-state index contributed by atoms with van der Waals surface area (Å²) in [6.07, 6.45) is 0. The minimum atomic E-state index is -3.00. The van der Waals surface area contributed by atoms with Crippen LogP contribution in [0.2, 0.25) is 0 Å². The van der Waals surface area contributed by atoms with Crippen LogP contribution in [0.25, 0.3) is 11.4 Å². The molecular formula is C12H10N4O4S2. The Morgan fingerprint density at radius 1 is 1.27 bits per heavy atom. The molecule has 10 heteroatoms. The first kappa shape index (κ1) is 13.7. The van der Waals surface area contributed by atoms with Crippen LogP contribution in [0, 0.1) is 10.1 Å². The smallest absolute Gasteiger partial charge is 0.258 e. The summed E-state index contributed by atoms with van der Waals surface area (Å²) in [5, 5.41) is 15.8. The van der Waals surface area contributed by atoms with Crippen LogP contribution in [0.1, 0.15) is 6.04 Å². The lowest BCUT2D eigenvalue weighted by Crippen LogP contribution is -2.14. The Morgan fingerprint density at radius 3 is 2.68 bits per heavy atom. The van der Waals surface area contributed by atoms with Crippen LogP contribution >= 0.6 is 11.8 Å². The molecule has 8 nitrogen and oxygen atoms in total. The van der Waals surface area contributed by atoms with Crippen LogP contribution in [-0.2, 0) is 9.84 Å². The molecule has 1 saturated heterocycles. The van der Waals surface area contributed by atoms with E-state index in [1.54, 1.807) is 16.8 Å². The van der Waals surface area contributed by atoms with Gasteiger partial charge in [0.15, 0.2) is 20.8 Å². The normalized spacial score (nSPS) is 24.9. The lowest BCUT2D eigenvalue weighted by molar-refractivity contribution is -0.384. The number of hydrogen-bond donors (Lipinski definition) is 0. The Kier molecular flexibility index (Phi) is 2.82. The van der Waals surface area contributed by atoms with Crippen molar-refractivity contribution in [2.24, 2.45) is 0 Å². The molecule has 22 heavy (non-hydrogen) atoms. The molecule has 114 valence electrons. The minimum Gasteiger partial charge on any atom is -0.258 e. The van der Waals surface area contributed by atoms with Gasteiger partial charge in [-0.05, 0) is 12.1 Å². The van der Waals surface area contributed by atoms with Crippen molar-refractivity contribution >= 4 is 27.3 Å². The quantitative estimate of drug-likeness (QED) is 0.600. The minimum absolute atomic E-state index is 0.00632. The fraction of sp³-hybridized carbons (Fsp3) is 0.333. The first-order valence-corrected chi connectivity index (χ1v) is 9.21. The lowest BCUT2D eigenvalue weighted by atomic mass is 10.2. The molecule has 2 aliphatic rings. The number of thioether (sulfide) groups is 1. The van der Waals surface area contributed by atoms with E-state index in [2.05, 4.69) is 10.1 Å². The van der Waals surface area contributed by atoms with E-state index in [9.17, 15) is 18.5 Å². The highest BCUT2D eigenvalue weighted by atomic mass is 32.2. The second kappa shape index (κ2) is 4.53. The Bertz CT molecular complexity index is 875. The molecule has 3 heterocycles. The summed E-state index contributed by atoms with van der Waals surface area (Å²) in [4.78, 5) is 14.6. The van der Waals surface area contributed by atoms with Crippen LogP contribution in [-0.4, -0.2) is 44.9 Å². The summed E-state index contributed by atoms with van der Waals surface area (Å²) in [5.74, 6) is 0.723. The van der Waals surface area contributed by atoms with Gasteiger partial charge in [-0.25, -0.2) is 18.1 Å². The largest absolute Gasteiger partial charge is 0.269 e. The average molecular weight is 338 g/mol. The van der Waals surface area contributed by atoms with Crippen LogP contribution in [0.3, 0.4) is 0 Å². The molecule has 0 N–H and O–H groups in total. The van der Waals surface area contributed by atoms with Crippen LogP contribution in [0.5, 0.6) is 0 Å².